The SMILES string of the molecule is CC(C)NC1CCN(CC(=O)C(C)(C)C)CC1. The van der Waals surface area contributed by atoms with Gasteiger partial charge >= 0.3 is 0 Å². The Balaban J connectivity index is 2.30. The van der Waals surface area contributed by atoms with E-state index in [0.717, 1.165) is 25.9 Å². The maximum absolute atomic E-state index is 11.9. The molecule has 0 aliphatic carbocycles. The summed E-state index contributed by atoms with van der Waals surface area (Å²) in [6.45, 7) is 13.1. The summed E-state index contributed by atoms with van der Waals surface area (Å²) in [5.74, 6) is 0.354. The molecule has 0 saturated carbocycles. The van der Waals surface area contributed by atoms with Crippen molar-refractivity contribution in [3.05, 3.63) is 0 Å². The number of Topliss-reactive ketones (excluding diaryl/α,β-unsaturated/α-hetero) is 1. The molecule has 0 aromatic heterocycles. The average molecular weight is 240 g/mol. The van der Waals surface area contributed by atoms with Gasteiger partial charge in [0.1, 0.15) is 0 Å². The fourth-order valence-electron chi connectivity index (χ4n) is 2.17. The molecule has 0 atom stereocenters. The highest BCUT2D eigenvalue weighted by Crippen LogP contribution is 2.17. The zero-order valence-corrected chi connectivity index (χ0v) is 12.0. The van der Waals surface area contributed by atoms with Crippen LogP contribution in [0.2, 0.25) is 0 Å². The highest BCUT2D eigenvalue weighted by Gasteiger charge is 2.26. The smallest absolute Gasteiger partial charge is 0.152 e. The van der Waals surface area contributed by atoms with Gasteiger partial charge < -0.3 is 5.32 Å². The lowest BCUT2D eigenvalue weighted by molar-refractivity contribution is -0.127. The van der Waals surface area contributed by atoms with Crippen LogP contribution in [0, 0.1) is 5.41 Å². The van der Waals surface area contributed by atoms with E-state index in [1.54, 1.807) is 0 Å². The molecule has 1 aliphatic rings. The summed E-state index contributed by atoms with van der Waals surface area (Å²) in [7, 11) is 0. The third kappa shape index (κ3) is 5.17. The quantitative estimate of drug-likeness (QED) is 0.816. The Labute approximate surface area is 106 Å². The summed E-state index contributed by atoms with van der Waals surface area (Å²) in [6, 6.07) is 1.19. The monoisotopic (exact) mass is 240 g/mol. The fraction of sp³-hybridized carbons (Fsp3) is 0.929. The van der Waals surface area contributed by atoms with Gasteiger partial charge in [0.25, 0.3) is 0 Å². The van der Waals surface area contributed by atoms with Crippen LogP contribution in [0.4, 0.5) is 0 Å². The van der Waals surface area contributed by atoms with E-state index < -0.39 is 0 Å². The summed E-state index contributed by atoms with van der Waals surface area (Å²) >= 11 is 0. The van der Waals surface area contributed by atoms with Crippen molar-refractivity contribution in [2.24, 2.45) is 5.41 Å². The summed E-state index contributed by atoms with van der Waals surface area (Å²) in [6.07, 6.45) is 2.32. The first kappa shape index (κ1) is 14.7. The minimum Gasteiger partial charge on any atom is -0.312 e. The van der Waals surface area contributed by atoms with Crippen molar-refractivity contribution in [1.29, 1.82) is 0 Å². The predicted octanol–water partition coefficient (Wildman–Crippen LogP) is 2.06. The van der Waals surface area contributed by atoms with Gasteiger partial charge in [0, 0.05) is 30.6 Å². The molecule has 1 N–H and O–H groups in total. The molecule has 100 valence electrons. The molecule has 0 aromatic carbocycles. The average Bonchev–Trinajstić information content (AvgIpc) is 2.18. The second kappa shape index (κ2) is 5.96. The Morgan fingerprint density at radius 1 is 1.29 bits per heavy atom. The molecule has 0 aromatic rings. The maximum Gasteiger partial charge on any atom is 0.152 e. The van der Waals surface area contributed by atoms with Crippen LogP contribution in [0.25, 0.3) is 0 Å². The molecule has 3 nitrogen and oxygen atoms in total. The number of hydrogen-bond acceptors (Lipinski definition) is 3. The van der Waals surface area contributed by atoms with E-state index in [0.29, 0.717) is 24.4 Å². The van der Waals surface area contributed by atoms with Gasteiger partial charge in [0.15, 0.2) is 5.78 Å². The third-order valence-corrected chi connectivity index (χ3v) is 3.36. The van der Waals surface area contributed by atoms with Crippen LogP contribution < -0.4 is 5.32 Å². The van der Waals surface area contributed by atoms with Gasteiger partial charge in [0.2, 0.25) is 0 Å². The van der Waals surface area contributed by atoms with Crippen molar-refractivity contribution in [2.75, 3.05) is 19.6 Å². The summed E-state index contributed by atoms with van der Waals surface area (Å²) in [5, 5.41) is 3.57. The molecular formula is C14H28N2O. The van der Waals surface area contributed by atoms with E-state index in [-0.39, 0.29) is 5.41 Å². The Bertz CT molecular complexity index is 247. The van der Waals surface area contributed by atoms with Crippen molar-refractivity contribution in [3.63, 3.8) is 0 Å². The van der Waals surface area contributed by atoms with Crippen LogP contribution in [0.15, 0.2) is 0 Å². The fourth-order valence-corrected chi connectivity index (χ4v) is 2.17. The molecule has 0 spiro atoms. The Morgan fingerprint density at radius 3 is 2.24 bits per heavy atom. The van der Waals surface area contributed by atoms with Gasteiger partial charge in [-0.1, -0.05) is 34.6 Å². The number of hydrogen-bond donors (Lipinski definition) is 1. The third-order valence-electron chi connectivity index (χ3n) is 3.36. The standard InChI is InChI=1S/C14H28N2O/c1-11(2)15-12-6-8-16(9-7-12)10-13(17)14(3,4)5/h11-12,15H,6-10H2,1-5H3. The molecule has 1 saturated heterocycles. The Kier molecular flexibility index (Phi) is 5.14. The molecule has 1 aliphatic heterocycles. The van der Waals surface area contributed by atoms with Crippen molar-refractivity contribution in [2.45, 2.75) is 59.5 Å². The zero-order valence-electron chi connectivity index (χ0n) is 12.0. The Morgan fingerprint density at radius 2 is 1.82 bits per heavy atom. The van der Waals surface area contributed by atoms with Crippen LogP contribution in [0.3, 0.4) is 0 Å². The number of ketones is 1. The van der Waals surface area contributed by atoms with E-state index in [2.05, 4.69) is 24.1 Å². The first-order valence-corrected chi connectivity index (χ1v) is 6.80. The van der Waals surface area contributed by atoms with Gasteiger partial charge in [-0.15, -0.1) is 0 Å². The highest BCUT2D eigenvalue weighted by molar-refractivity contribution is 5.85. The van der Waals surface area contributed by atoms with Gasteiger partial charge in [-0.05, 0) is 12.8 Å². The second-order valence-corrected chi connectivity index (χ2v) is 6.54. The molecule has 1 fully saturated rings. The summed E-state index contributed by atoms with van der Waals surface area (Å²) in [5.41, 5.74) is -0.201. The molecule has 17 heavy (non-hydrogen) atoms. The molecule has 1 heterocycles. The van der Waals surface area contributed by atoms with Crippen molar-refractivity contribution in [1.82, 2.24) is 10.2 Å². The number of carbonyl (C=O) groups excluding carboxylic acids is 1. The van der Waals surface area contributed by atoms with Crippen LogP contribution in [-0.2, 0) is 4.79 Å². The first-order chi connectivity index (χ1) is 7.79. The largest absolute Gasteiger partial charge is 0.312 e. The summed E-state index contributed by atoms with van der Waals surface area (Å²) in [4.78, 5) is 14.2. The summed E-state index contributed by atoms with van der Waals surface area (Å²) < 4.78 is 0. The lowest BCUT2D eigenvalue weighted by atomic mass is 9.90. The Hall–Kier alpha value is -0.410. The van der Waals surface area contributed by atoms with Gasteiger partial charge in [-0.25, -0.2) is 0 Å². The molecule has 1 rings (SSSR count). The van der Waals surface area contributed by atoms with E-state index in [1.165, 1.54) is 0 Å². The minimum atomic E-state index is -0.201. The minimum absolute atomic E-state index is 0.201. The number of nitrogens with zero attached hydrogens (tertiary/aromatic N) is 1. The van der Waals surface area contributed by atoms with Crippen molar-refractivity contribution < 1.29 is 4.79 Å². The molecule has 3 heteroatoms. The maximum atomic E-state index is 11.9. The molecular weight excluding hydrogens is 212 g/mol. The van der Waals surface area contributed by atoms with Crippen LogP contribution >= 0.6 is 0 Å². The number of carbonyl (C=O) groups is 1. The van der Waals surface area contributed by atoms with E-state index in [4.69, 9.17) is 0 Å². The second-order valence-electron chi connectivity index (χ2n) is 6.54. The van der Waals surface area contributed by atoms with Crippen LogP contribution in [0.1, 0.15) is 47.5 Å². The van der Waals surface area contributed by atoms with E-state index in [1.807, 2.05) is 20.8 Å². The van der Waals surface area contributed by atoms with Crippen LogP contribution in [0.5, 0.6) is 0 Å². The van der Waals surface area contributed by atoms with Gasteiger partial charge in [-0.3, -0.25) is 9.69 Å². The lowest BCUT2D eigenvalue weighted by Gasteiger charge is -2.34. The van der Waals surface area contributed by atoms with Gasteiger partial charge in [-0.2, -0.15) is 0 Å². The predicted molar refractivity (Wildman–Crippen MR) is 72.2 cm³/mol. The normalized spacial score (nSPS) is 19.9. The number of likely N-dealkylation sites (tertiary alicyclic amines) is 1. The molecule has 0 bridgehead atoms. The lowest BCUT2D eigenvalue weighted by Crippen LogP contribution is -2.47. The van der Waals surface area contributed by atoms with Gasteiger partial charge in [0.05, 0.1) is 6.54 Å². The first-order valence-electron chi connectivity index (χ1n) is 6.80. The molecule has 0 radical (unpaired) electrons. The van der Waals surface area contributed by atoms with Crippen molar-refractivity contribution in [3.8, 4) is 0 Å². The molecule has 0 unspecified atom stereocenters. The topological polar surface area (TPSA) is 32.3 Å². The van der Waals surface area contributed by atoms with Crippen molar-refractivity contribution >= 4 is 5.78 Å². The van der Waals surface area contributed by atoms with E-state index >= 15 is 0 Å². The number of nitrogens with one attached hydrogen (secondary N) is 1. The number of rotatable bonds is 4. The number of piperidine rings is 1. The zero-order chi connectivity index (χ0) is 13.1. The molecule has 0 amide bonds. The van der Waals surface area contributed by atoms with E-state index in [9.17, 15) is 4.79 Å². The van der Waals surface area contributed by atoms with Crippen LogP contribution in [-0.4, -0.2) is 42.4 Å². The highest BCUT2D eigenvalue weighted by atomic mass is 16.1.